The fraction of sp³-hybridized carbons (Fsp3) is 0.158. The van der Waals surface area contributed by atoms with E-state index in [0.29, 0.717) is 16.9 Å². The van der Waals surface area contributed by atoms with E-state index in [1.807, 2.05) is 60.7 Å². The second-order valence-electron chi connectivity index (χ2n) is 4.84. The molecule has 0 aromatic heterocycles. The lowest BCUT2D eigenvalue weighted by atomic mass is 10.0. The van der Waals surface area contributed by atoms with Gasteiger partial charge in [-0.25, -0.2) is 4.79 Å². The van der Waals surface area contributed by atoms with Crippen LogP contribution in [0.15, 0.2) is 54.6 Å². The first-order valence-electron chi connectivity index (χ1n) is 7.16. The van der Waals surface area contributed by atoms with Gasteiger partial charge in [0.05, 0.1) is 12.7 Å². The summed E-state index contributed by atoms with van der Waals surface area (Å²) in [4.78, 5) is 12.4. The number of hydrogen-bond acceptors (Lipinski definition) is 4. The Morgan fingerprint density at radius 2 is 1.78 bits per heavy atom. The Morgan fingerprint density at radius 3 is 2.43 bits per heavy atom. The number of hydrogen-bond donors (Lipinski definition) is 0. The predicted octanol–water partition coefficient (Wildman–Crippen LogP) is 3.69. The molecule has 0 fully saturated rings. The van der Waals surface area contributed by atoms with E-state index in [1.54, 1.807) is 13.2 Å². The van der Waals surface area contributed by atoms with Crippen molar-refractivity contribution in [3.8, 4) is 11.8 Å². The van der Waals surface area contributed by atoms with Crippen molar-refractivity contribution in [1.82, 2.24) is 0 Å². The van der Waals surface area contributed by atoms with Gasteiger partial charge in [-0.3, -0.25) is 0 Å². The number of para-hydroxylation sites is 1. The van der Waals surface area contributed by atoms with E-state index in [-0.39, 0.29) is 0 Å². The van der Waals surface area contributed by atoms with Gasteiger partial charge in [-0.1, -0.05) is 48.5 Å². The Hall–Kier alpha value is -3.06. The first-order chi connectivity index (χ1) is 11.2. The van der Waals surface area contributed by atoms with Crippen LogP contribution in [0.3, 0.4) is 0 Å². The SMILES string of the molecule is COc1ccccc1/C=C(/C(=O)OC(C)C#N)c1ccccc1. The van der Waals surface area contributed by atoms with Crippen LogP contribution in [0.5, 0.6) is 5.75 Å². The van der Waals surface area contributed by atoms with Gasteiger partial charge in [0, 0.05) is 5.56 Å². The molecule has 2 aromatic carbocycles. The van der Waals surface area contributed by atoms with Crippen LogP contribution in [0.2, 0.25) is 0 Å². The van der Waals surface area contributed by atoms with Crippen molar-refractivity contribution in [3.63, 3.8) is 0 Å². The summed E-state index contributed by atoms with van der Waals surface area (Å²) in [5.41, 5.74) is 1.85. The smallest absolute Gasteiger partial charge is 0.340 e. The van der Waals surface area contributed by atoms with Crippen molar-refractivity contribution < 1.29 is 14.3 Å². The van der Waals surface area contributed by atoms with E-state index in [0.717, 1.165) is 5.56 Å². The number of rotatable bonds is 5. The topological polar surface area (TPSA) is 59.3 Å². The van der Waals surface area contributed by atoms with Crippen LogP contribution in [-0.2, 0) is 9.53 Å². The molecule has 0 N–H and O–H groups in total. The van der Waals surface area contributed by atoms with Crippen LogP contribution < -0.4 is 4.74 Å². The number of nitrogens with zero attached hydrogens (tertiary/aromatic N) is 1. The second kappa shape index (κ2) is 7.81. The minimum Gasteiger partial charge on any atom is -0.496 e. The van der Waals surface area contributed by atoms with Crippen molar-refractivity contribution >= 4 is 17.6 Å². The molecule has 116 valence electrons. The van der Waals surface area contributed by atoms with Crippen LogP contribution in [0, 0.1) is 11.3 Å². The molecule has 0 bridgehead atoms. The predicted molar refractivity (Wildman–Crippen MR) is 88.5 cm³/mol. The first-order valence-corrected chi connectivity index (χ1v) is 7.16. The average molecular weight is 307 g/mol. The number of ether oxygens (including phenoxy) is 2. The van der Waals surface area contributed by atoms with Gasteiger partial charge in [0.2, 0.25) is 0 Å². The molecular weight excluding hydrogens is 290 g/mol. The molecule has 2 aromatic rings. The summed E-state index contributed by atoms with van der Waals surface area (Å²) in [5, 5.41) is 8.84. The molecule has 4 heteroatoms. The van der Waals surface area contributed by atoms with Crippen molar-refractivity contribution in [3.05, 3.63) is 65.7 Å². The van der Waals surface area contributed by atoms with E-state index in [1.165, 1.54) is 6.92 Å². The van der Waals surface area contributed by atoms with Crippen LogP contribution >= 0.6 is 0 Å². The van der Waals surface area contributed by atoms with Gasteiger partial charge in [0.15, 0.2) is 6.10 Å². The van der Waals surface area contributed by atoms with Crippen molar-refractivity contribution in [2.45, 2.75) is 13.0 Å². The highest BCUT2D eigenvalue weighted by Gasteiger charge is 2.17. The fourth-order valence-electron chi connectivity index (χ4n) is 2.07. The molecule has 1 atom stereocenters. The zero-order chi connectivity index (χ0) is 16.7. The summed E-state index contributed by atoms with van der Waals surface area (Å²) in [7, 11) is 1.57. The number of benzene rings is 2. The highest BCUT2D eigenvalue weighted by atomic mass is 16.5. The Bertz CT molecular complexity index is 745. The standard InChI is InChI=1S/C19H17NO3/c1-14(13-20)23-19(21)17(15-8-4-3-5-9-15)12-16-10-6-7-11-18(16)22-2/h3-12,14H,1-2H3/b17-12+. The van der Waals surface area contributed by atoms with Crippen LogP contribution in [-0.4, -0.2) is 19.2 Å². The number of nitriles is 1. The van der Waals surface area contributed by atoms with Gasteiger partial charge in [-0.15, -0.1) is 0 Å². The lowest BCUT2D eigenvalue weighted by Gasteiger charge is -2.11. The molecule has 0 heterocycles. The Balaban J connectivity index is 2.47. The Kier molecular flexibility index (Phi) is 5.54. The monoisotopic (exact) mass is 307 g/mol. The molecule has 0 aliphatic carbocycles. The van der Waals surface area contributed by atoms with E-state index < -0.39 is 12.1 Å². The third-order valence-electron chi connectivity index (χ3n) is 3.21. The first kappa shape index (κ1) is 16.3. The molecule has 0 amide bonds. The van der Waals surface area contributed by atoms with Gasteiger partial charge in [-0.2, -0.15) is 5.26 Å². The highest BCUT2D eigenvalue weighted by molar-refractivity contribution is 6.21. The molecule has 2 rings (SSSR count). The quantitative estimate of drug-likeness (QED) is 0.480. The molecule has 0 saturated heterocycles. The maximum Gasteiger partial charge on any atom is 0.340 e. The number of carbonyl (C=O) groups excluding carboxylic acids is 1. The van der Waals surface area contributed by atoms with Gasteiger partial charge in [-0.05, 0) is 24.6 Å². The third-order valence-corrected chi connectivity index (χ3v) is 3.21. The van der Waals surface area contributed by atoms with Gasteiger partial charge < -0.3 is 9.47 Å². The van der Waals surface area contributed by atoms with E-state index >= 15 is 0 Å². The summed E-state index contributed by atoms with van der Waals surface area (Å²) in [6.07, 6.45) is 0.896. The summed E-state index contributed by atoms with van der Waals surface area (Å²) in [5.74, 6) is 0.109. The summed E-state index contributed by atoms with van der Waals surface area (Å²) in [6, 6.07) is 18.5. The van der Waals surface area contributed by atoms with Crippen LogP contribution in [0.25, 0.3) is 11.6 Å². The minimum atomic E-state index is -0.813. The Labute approximate surface area is 135 Å². The largest absolute Gasteiger partial charge is 0.496 e. The minimum absolute atomic E-state index is 0.372. The molecular formula is C19H17NO3. The van der Waals surface area contributed by atoms with E-state index in [4.69, 9.17) is 14.7 Å². The van der Waals surface area contributed by atoms with Gasteiger partial charge >= 0.3 is 5.97 Å². The van der Waals surface area contributed by atoms with Gasteiger partial charge in [0.25, 0.3) is 0 Å². The highest BCUT2D eigenvalue weighted by Crippen LogP contribution is 2.25. The van der Waals surface area contributed by atoms with Gasteiger partial charge in [0.1, 0.15) is 11.8 Å². The number of carbonyl (C=O) groups is 1. The van der Waals surface area contributed by atoms with Crippen molar-refractivity contribution in [2.75, 3.05) is 7.11 Å². The molecule has 4 nitrogen and oxygen atoms in total. The van der Waals surface area contributed by atoms with Crippen molar-refractivity contribution in [2.24, 2.45) is 0 Å². The molecule has 0 radical (unpaired) electrons. The van der Waals surface area contributed by atoms with Crippen LogP contribution in [0.4, 0.5) is 0 Å². The molecule has 0 aliphatic heterocycles. The summed E-state index contributed by atoms with van der Waals surface area (Å²) in [6.45, 7) is 1.53. The second-order valence-corrected chi connectivity index (χ2v) is 4.84. The van der Waals surface area contributed by atoms with Crippen LogP contribution in [0.1, 0.15) is 18.1 Å². The normalized spacial score (nSPS) is 12.1. The fourth-order valence-corrected chi connectivity index (χ4v) is 2.07. The van der Waals surface area contributed by atoms with E-state index in [2.05, 4.69) is 0 Å². The van der Waals surface area contributed by atoms with Crippen molar-refractivity contribution in [1.29, 1.82) is 5.26 Å². The maximum atomic E-state index is 12.4. The molecule has 1 unspecified atom stereocenters. The average Bonchev–Trinajstić information content (AvgIpc) is 2.60. The maximum absolute atomic E-state index is 12.4. The molecule has 0 saturated carbocycles. The molecule has 23 heavy (non-hydrogen) atoms. The molecule has 0 spiro atoms. The van der Waals surface area contributed by atoms with E-state index in [9.17, 15) is 4.79 Å². The lowest BCUT2D eigenvalue weighted by Crippen LogP contribution is -2.14. The summed E-state index contributed by atoms with van der Waals surface area (Å²) < 4.78 is 10.5. The lowest BCUT2D eigenvalue weighted by molar-refractivity contribution is -0.138. The zero-order valence-corrected chi connectivity index (χ0v) is 13.0. The Morgan fingerprint density at radius 1 is 1.13 bits per heavy atom. The summed E-state index contributed by atoms with van der Waals surface area (Å²) >= 11 is 0. The third kappa shape index (κ3) is 4.21. The number of methoxy groups -OCH3 is 1. The zero-order valence-electron chi connectivity index (χ0n) is 13.0. The number of esters is 1. The molecule has 0 aliphatic rings.